The first kappa shape index (κ1) is 13.8. The van der Waals surface area contributed by atoms with E-state index in [9.17, 15) is 4.79 Å². The van der Waals surface area contributed by atoms with Gasteiger partial charge in [0.15, 0.2) is 0 Å². The Balaban J connectivity index is 2.40. The number of rotatable bonds is 4. The fourth-order valence-corrected chi connectivity index (χ4v) is 2.89. The van der Waals surface area contributed by atoms with E-state index < -0.39 is 0 Å². The molecule has 1 aliphatic rings. The average molecular weight is 244 g/mol. The maximum absolute atomic E-state index is 12.1. The van der Waals surface area contributed by atoms with Crippen molar-refractivity contribution in [3.8, 4) is 0 Å². The van der Waals surface area contributed by atoms with E-state index in [-0.39, 0.29) is 0 Å². The number of hydrogen-bond donors (Lipinski definition) is 0. The molecule has 0 aromatic rings. The summed E-state index contributed by atoms with van der Waals surface area (Å²) in [7, 11) is 0. The molecule has 0 aromatic carbocycles. The maximum Gasteiger partial charge on any atom is 0.236 e. The van der Waals surface area contributed by atoms with E-state index in [2.05, 4.69) is 25.7 Å². The zero-order chi connectivity index (χ0) is 12.0. The highest BCUT2D eigenvalue weighted by molar-refractivity contribution is 7.99. The molecular formula is C12H24N2OS. The summed E-state index contributed by atoms with van der Waals surface area (Å²) in [6, 6.07) is 0. The number of likely N-dealkylation sites (N-methyl/N-ethyl adjacent to an activating group) is 1. The Bertz CT molecular complexity index is 219. The normalized spacial score (nSPS) is 22.2. The molecule has 0 aliphatic carbocycles. The van der Waals surface area contributed by atoms with Crippen LogP contribution in [0.5, 0.6) is 0 Å². The average Bonchev–Trinajstić information content (AvgIpc) is 2.50. The minimum atomic E-state index is 0.304. The van der Waals surface area contributed by atoms with Crippen molar-refractivity contribution in [2.45, 2.75) is 32.4 Å². The quantitative estimate of drug-likeness (QED) is 0.752. The number of nitrogens with zero attached hydrogens (tertiary/aromatic N) is 2. The van der Waals surface area contributed by atoms with Crippen LogP contribution in [0.15, 0.2) is 0 Å². The molecule has 0 spiro atoms. The number of carbonyl (C=O) groups is 1. The van der Waals surface area contributed by atoms with E-state index in [0.717, 1.165) is 38.4 Å². The van der Waals surface area contributed by atoms with Crippen LogP contribution in [0.1, 0.15) is 27.2 Å². The van der Waals surface area contributed by atoms with Gasteiger partial charge in [-0.2, -0.15) is 11.8 Å². The van der Waals surface area contributed by atoms with Crippen LogP contribution in [-0.4, -0.2) is 59.4 Å². The third-order valence-corrected chi connectivity index (χ3v) is 4.40. The number of amides is 1. The molecule has 1 aliphatic heterocycles. The standard InChI is InChI=1S/C12H24N2OS/c1-4-13(5-2)10-12(15)14-7-6-11(3)16-9-8-14/h11H,4-10H2,1-3H3. The van der Waals surface area contributed by atoms with Gasteiger partial charge in [0.25, 0.3) is 0 Å². The van der Waals surface area contributed by atoms with Gasteiger partial charge in [0.05, 0.1) is 6.54 Å². The lowest BCUT2D eigenvalue weighted by Gasteiger charge is -2.24. The summed E-state index contributed by atoms with van der Waals surface area (Å²) in [4.78, 5) is 16.3. The zero-order valence-electron chi connectivity index (χ0n) is 10.7. The lowest BCUT2D eigenvalue weighted by atomic mass is 10.3. The van der Waals surface area contributed by atoms with Crippen LogP contribution in [0.2, 0.25) is 0 Å². The van der Waals surface area contributed by atoms with Crippen molar-refractivity contribution < 1.29 is 4.79 Å². The second kappa shape index (κ2) is 7.17. The van der Waals surface area contributed by atoms with Crippen molar-refractivity contribution in [3.05, 3.63) is 0 Å². The van der Waals surface area contributed by atoms with Gasteiger partial charge in [-0.25, -0.2) is 0 Å². The molecule has 3 nitrogen and oxygen atoms in total. The van der Waals surface area contributed by atoms with Crippen LogP contribution in [0, 0.1) is 0 Å². The van der Waals surface area contributed by atoms with E-state index in [4.69, 9.17) is 0 Å². The molecule has 0 aromatic heterocycles. The summed E-state index contributed by atoms with van der Waals surface area (Å²) in [6.07, 6.45) is 1.13. The fourth-order valence-electron chi connectivity index (χ4n) is 1.88. The van der Waals surface area contributed by atoms with Gasteiger partial charge < -0.3 is 4.90 Å². The van der Waals surface area contributed by atoms with E-state index in [1.54, 1.807) is 0 Å². The van der Waals surface area contributed by atoms with Crippen LogP contribution in [0.4, 0.5) is 0 Å². The molecule has 0 radical (unpaired) electrons. The molecule has 0 N–H and O–H groups in total. The SMILES string of the molecule is CCN(CC)CC(=O)N1CCSC(C)CC1. The van der Waals surface area contributed by atoms with Crippen LogP contribution < -0.4 is 0 Å². The summed E-state index contributed by atoms with van der Waals surface area (Å²) in [5.74, 6) is 1.39. The topological polar surface area (TPSA) is 23.6 Å². The molecule has 16 heavy (non-hydrogen) atoms. The van der Waals surface area contributed by atoms with Gasteiger partial charge in [-0.3, -0.25) is 9.69 Å². The summed E-state index contributed by atoms with van der Waals surface area (Å²) in [6.45, 7) is 10.8. The molecule has 4 heteroatoms. The zero-order valence-corrected chi connectivity index (χ0v) is 11.6. The molecule has 1 amide bonds. The minimum absolute atomic E-state index is 0.304. The predicted molar refractivity (Wildman–Crippen MR) is 70.9 cm³/mol. The first-order valence-corrected chi connectivity index (χ1v) is 7.34. The second-order valence-corrected chi connectivity index (χ2v) is 5.86. The molecule has 1 rings (SSSR count). The maximum atomic E-state index is 12.1. The summed E-state index contributed by atoms with van der Waals surface area (Å²) in [5, 5.41) is 0.700. The predicted octanol–water partition coefficient (Wildman–Crippen LogP) is 1.68. The van der Waals surface area contributed by atoms with E-state index in [1.807, 2.05) is 16.7 Å². The second-order valence-electron chi connectivity index (χ2n) is 4.31. The van der Waals surface area contributed by atoms with Gasteiger partial charge >= 0.3 is 0 Å². The fraction of sp³-hybridized carbons (Fsp3) is 0.917. The smallest absolute Gasteiger partial charge is 0.236 e. The van der Waals surface area contributed by atoms with Crippen molar-refractivity contribution in [1.82, 2.24) is 9.80 Å². The molecular weight excluding hydrogens is 220 g/mol. The Morgan fingerprint density at radius 1 is 1.38 bits per heavy atom. The van der Waals surface area contributed by atoms with Gasteiger partial charge in [-0.1, -0.05) is 20.8 Å². The van der Waals surface area contributed by atoms with Crippen molar-refractivity contribution in [3.63, 3.8) is 0 Å². The summed E-state index contributed by atoms with van der Waals surface area (Å²) in [5.41, 5.74) is 0. The van der Waals surface area contributed by atoms with Crippen molar-refractivity contribution in [2.75, 3.05) is 38.5 Å². The van der Waals surface area contributed by atoms with Crippen LogP contribution in [0.3, 0.4) is 0 Å². The number of thioether (sulfide) groups is 1. The van der Waals surface area contributed by atoms with Crippen LogP contribution in [-0.2, 0) is 4.79 Å². The summed E-state index contributed by atoms with van der Waals surface area (Å²) >= 11 is 1.98. The minimum Gasteiger partial charge on any atom is -0.341 e. The molecule has 1 unspecified atom stereocenters. The van der Waals surface area contributed by atoms with E-state index in [0.29, 0.717) is 17.7 Å². The number of hydrogen-bond acceptors (Lipinski definition) is 3. The van der Waals surface area contributed by atoms with Gasteiger partial charge in [-0.15, -0.1) is 0 Å². The Kier molecular flexibility index (Phi) is 6.21. The highest BCUT2D eigenvalue weighted by Gasteiger charge is 2.19. The first-order valence-electron chi connectivity index (χ1n) is 6.29. The Morgan fingerprint density at radius 3 is 2.69 bits per heavy atom. The summed E-state index contributed by atoms with van der Waals surface area (Å²) < 4.78 is 0. The molecule has 94 valence electrons. The largest absolute Gasteiger partial charge is 0.341 e. The Labute approximate surface area is 104 Å². The highest BCUT2D eigenvalue weighted by Crippen LogP contribution is 2.18. The van der Waals surface area contributed by atoms with E-state index in [1.165, 1.54) is 0 Å². The molecule has 0 bridgehead atoms. The van der Waals surface area contributed by atoms with Gasteiger partial charge in [0.2, 0.25) is 5.91 Å². The van der Waals surface area contributed by atoms with Crippen LogP contribution in [0.25, 0.3) is 0 Å². The molecule has 1 heterocycles. The Morgan fingerprint density at radius 2 is 2.06 bits per heavy atom. The molecule has 1 atom stereocenters. The Hall–Kier alpha value is -0.220. The molecule has 1 saturated heterocycles. The third-order valence-electron chi connectivity index (χ3n) is 3.18. The van der Waals surface area contributed by atoms with Crippen molar-refractivity contribution in [1.29, 1.82) is 0 Å². The van der Waals surface area contributed by atoms with Gasteiger partial charge in [0.1, 0.15) is 0 Å². The van der Waals surface area contributed by atoms with Crippen molar-refractivity contribution >= 4 is 17.7 Å². The highest BCUT2D eigenvalue weighted by atomic mass is 32.2. The third kappa shape index (κ3) is 4.34. The first-order chi connectivity index (χ1) is 7.67. The van der Waals surface area contributed by atoms with E-state index >= 15 is 0 Å². The molecule has 0 saturated carbocycles. The van der Waals surface area contributed by atoms with Crippen LogP contribution >= 0.6 is 11.8 Å². The molecule has 1 fully saturated rings. The lowest BCUT2D eigenvalue weighted by Crippen LogP contribution is -2.41. The van der Waals surface area contributed by atoms with Crippen molar-refractivity contribution in [2.24, 2.45) is 0 Å². The number of carbonyl (C=O) groups excluding carboxylic acids is 1. The van der Waals surface area contributed by atoms with Gasteiger partial charge in [0, 0.05) is 24.1 Å². The van der Waals surface area contributed by atoms with Gasteiger partial charge in [-0.05, 0) is 19.5 Å². The monoisotopic (exact) mass is 244 g/mol. The lowest BCUT2D eigenvalue weighted by molar-refractivity contribution is -0.132.